The van der Waals surface area contributed by atoms with Gasteiger partial charge in [0.05, 0.1) is 6.10 Å². The molecule has 1 N–H and O–H groups in total. The van der Waals surface area contributed by atoms with Crippen molar-refractivity contribution in [2.24, 2.45) is 0 Å². The van der Waals surface area contributed by atoms with Crippen molar-refractivity contribution in [3.8, 4) is 0 Å². The van der Waals surface area contributed by atoms with E-state index >= 15 is 0 Å². The molecule has 0 aliphatic carbocycles. The second kappa shape index (κ2) is 7.53. The highest BCUT2D eigenvalue weighted by atomic mass is 32.2. The smallest absolute Gasteiger partial charge is 0.0518 e. The van der Waals surface area contributed by atoms with Gasteiger partial charge < -0.3 is 10.1 Å². The molecule has 1 rings (SSSR count). The Morgan fingerprint density at radius 2 is 2.20 bits per heavy atom. The van der Waals surface area contributed by atoms with Crippen molar-refractivity contribution in [2.45, 2.75) is 57.4 Å². The summed E-state index contributed by atoms with van der Waals surface area (Å²) in [4.78, 5) is 0. The fourth-order valence-electron chi connectivity index (χ4n) is 1.81. The van der Waals surface area contributed by atoms with Crippen LogP contribution < -0.4 is 5.32 Å². The largest absolute Gasteiger partial charge is 0.379 e. The van der Waals surface area contributed by atoms with Crippen molar-refractivity contribution in [3.05, 3.63) is 0 Å². The van der Waals surface area contributed by atoms with Gasteiger partial charge in [-0.05, 0) is 39.7 Å². The van der Waals surface area contributed by atoms with E-state index in [0.717, 1.165) is 24.4 Å². The van der Waals surface area contributed by atoms with Gasteiger partial charge in [0.1, 0.15) is 0 Å². The molecular weight excluding hydrogens is 206 g/mol. The molecule has 0 spiro atoms. The van der Waals surface area contributed by atoms with Crippen LogP contribution in [0.5, 0.6) is 0 Å². The summed E-state index contributed by atoms with van der Waals surface area (Å²) in [6.45, 7) is 8.57. The van der Waals surface area contributed by atoms with E-state index in [4.69, 9.17) is 4.74 Å². The number of thioether (sulfide) groups is 1. The molecule has 2 unspecified atom stereocenters. The monoisotopic (exact) mass is 231 g/mol. The lowest BCUT2D eigenvalue weighted by atomic mass is 10.2. The summed E-state index contributed by atoms with van der Waals surface area (Å²) in [5.74, 6) is 1.30. The molecule has 90 valence electrons. The topological polar surface area (TPSA) is 21.3 Å². The standard InChI is InChI=1S/C12H25NOS/c1-10(2)14-7-5-4-6-13-12-8-11(3)15-9-12/h10-13H,4-9H2,1-3H3. The molecule has 1 aliphatic rings. The summed E-state index contributed by atoms with van der Waals surface area (Å²) >= 11 is 2.09. The van der Waals surface area contributed by atoms with Crippen LogP contribution in [0.15, 0.2) is 0 Å². The first-order valence-electron chi connectivity index (χ1n) is 6.15. The number of hydrogen-bond donors (Lipinski definition) is 1. The Morgan fingerprint density at radius 1 is 1.40 bits per heavy atom. The van der Waals surface area contributed by atoms with Gasteiger partial charge >= 0.3 is 0 Å². The van der Waals surface area contributed by atoms with Gasteiger partial charge in [0.15, 0.2) is 0 Å². The lowest BCUT2D eigenvalue weighted by molar-refractivity contribution is 0.0759. The third-order valence-corrected chi connectivity index (χ3v) is 4.01. The summed E-state index contributed by atoms with van der Waals surface area (Å²) in [7, 11) is 0. The molecule has 0 bridgehead atoms. The molecule has 15 heavy (non-hydrogen) atoms. The Labute approximate surface area is 98.5 Å². The Hall–Kier alpha value is 0.270. The number of ether oxygens (including phenoxy) is 1. The number of hydrogen-bond acceptors (Lipinski definition) is 3. The average Bonchev–Trinajstić information content (AvgIpc) is 2.57. The zero-order chi connectivity index (χ0) is 11.1. The molecule has 0 aromatic rings. The molecule has 1 heterocycles. The minimum Gasteiger partial charge on any atom is -0.379 e. The van der Waals surface area contributed by atoms with Crippen molar-refractivity contribution in [1.82, 2.24) is 5.32 Å². The molecule has 1 aliphatic heterocycles. The van der Waals surface area contributed by atoms with Crippen LogP contribution in [0, 0.1) is 0 Å². The van der Waals surface area contributed by atoms with E-state index in [1.54, 1.807) is 0 Å². The summed E-state index contributed by atoms with van der Waals surface area (Å²) < 4.78 is 5.50. The maximum atomic E-state index is 5.50. The van der Waals surface area contributed by atoms with Crippen LogP contribution in [0.3, 0.4) is 0 Å². The second-order valence-corrected chi connectivity index (χ2v) is 6.13. The van der Waals surface area contributed by atoms with E-state index in [0.29, 0.717) is 6.10 Å². The summed E-state index contributed by atoms with van der Waals surface area (Å²) in [5, 5.41) is 4.48. The van der Waals surface area contributed by atoms with Crippen molar-refractivity contribution in [1.29, 1.82) is 0 Å². The summed E-state index contributed by atoms with van der Waals surface area (Å²) in [6, 6.07) is 0.760. The van der Waals surface area contributed by atoms with Crippen LogP contribution in [0.2, 0.25) is 0 Å². The number of nitrogens with one attached hydrogen (secondary N) is 1. The van der Waals surface area contributed by atoms with E-state index in [1.807, 2.05) is 0 Å². The molecule has 2 nitrogen and oxygen atoms in total. The van der Waals surface area contributed by atoms with Gasteiger partial charge in [-0.3, -0.25) is 0 Å². The first-order chi connectivity index (χ1) is 7.18. The SMILES string of the molecule is CC(C)OCCCCNC1CSC(C)C1. The van der Waals surface area contributed by atoms with Crippen LogP contribution in [0.1, 0.15) is 40.0 Å². The van der Waals surface area contributed by atoms with Crippen LogP contribution in [-0.2, 0) is 4.74 Å². The van der Waals surface area contributed by atoms with Gasteiger partial charge in [0.25, 0.3) is 0 Å². The predicted octanol–water partition coefficient (Wildman–Crippen LogP) is 2.68. The molecule has 1 saturated heterocycles. The summed E-state index contributed by atoms with van der Waals surface area (Å²) in [6.07, 6.45) is 4.14. The molecule has 1 fully saturated rings. The predicted molar refractivity (Wildman–Crippen MR) is 68.6 cm³/mol. The lowest BCUT2D eigenvalue weighted by Crippen LogP contribution is -2.30. The fraction of sp³-hybridized carbons (Fsp3) is 1.00. The van der Waals surface area contributed by atoms with E-state index in [9.17, 15) is 0 Å². The third kappa shape index (κ3) is 6.44. The molecule has 3 heteroatoms. The Balaban J connectivity index is 1.85. The highest BCUT2D eigenvalue weighted by Gasteiger charge is 2.20. The Kier molecular flexibility index (Phi) is 6.69. The summed E-state index contributed by atoms with van der Waals surface area (Å²) in [5.41, 5.74) is 0. The molecule has 2 atom stereocenters. The highest BCUT2D eigenvalue weighted by molar-refractivity contribution is 8.00. The Bertz CT molecular complexity index is 164. The lowest BCUT2D eigenvalue weighted by Gasteiger charge is -2.11. The third-order valence-electron chi connectivity index (χ3n) is 2.65. The van der Waals surface area contributed by atoms with Gasteiger partial charge in [0.2, 0.25) is 0 Å². The zero-order valence-electron chi connectivity index (χ0n) is 10.3. The minimum absolute atomic E-state index is 0.380. The molecule has 0 aromatic carbocycles. The molecule has 0 radical (unpaired) electrons. The quantitative estimate of drug-likeness (QED) is 0.681. The fourth-order valence-corrected chi connectivity index (χ4v) is 2.99. The van der Waals surface area contributed by atoms with Crippen LogP contribution >= 0.6 is 11.8 Å². The second-order valence-electron chi connectivity index (χ2n) is 4.66. The van der Waals surface area contributed by atoms with Crippen LogP contribution in [0.25, 0.3) is 0 Å². The van der Waals surface area contributed by atoms with E-state index < -0.39 is 0 Å². The van der Waals surface area contributed by atoms with Gasteiger partial charge in [-0.1, -0.05) is 6.92 Å². The van der Waals surface area contributed by atoms with E-state index in [-0.39, 0.29) is 0 Å². The molecule has 0 aromatic heterocycles. The van der Waals surface area contributed by atoms with Crippen molar-refractivity contribution < 1.29 is 4.74 Å². The van der Waals surface area contributed by atoms with Crippen LogP contribution in [-0.4, -0.2) is 36.3 Å². The van der Waals surface area contributed by atoms with Gasteiger partial charge in [-0.15, -0.1) is 0 Å². The van der Waals surface area contributed by atoms with Crippen molar-refractivity contribution in [2.75, 3.05) is 18.9 Å². The van der Waals surface area contributed by atoms with E-state index in [2.05, 4.69) is 37.8 Å². The van der Waals surface area contributed by atoms with E-state index in [1.165, 1.54) is 25.0 Å². The molecule has 0 amide bonds. The zero-order valence-corrected chi connectivity index (χ0v) is 11.1. The average molecular weight is 231 g/mol. The highest BCUT2D eigenvalue weighted by Crippen LogP contribution is 2.25. The number of rotatable bonds is 7. The van der Waals surface area contributed by atoms with Crippen molar-refractivity contribution >= 4 is 11.8 Å². The van der Waals surface area contributed by atoms with Crippen LogP contribution in [0.4, 0.5) is 0 Å². The first kappa shape index (κ1) is 13.3. The van der Waals surface area contributed by atoms with Gasteiger partial charge in [-0.2, -0.15) is 11.8 Å². The molecular formula is C12H25NOS. The Morgan fingerprint density at radius 3 is 2.80 bits per heavy atom. The van der Waals surface area contributed by atoms with Crippen molar-refractivity contribution in [3.63, 3.8) is 0 Å². The molecule has 0 saturated carbocycles. The number of unbranched alkanes of at least 4 members (excludes halogenated alkanes) is 1. The maximum Gasteiger partial charge on any atom is 0.0518 e. The van der Waals surface area contributed by atoms with Gasteiger partial charge in [-0.25, -0.2) is 0 Å². The maximum absolute atomic E-state index is 5.50. The van der Waals surface area contributed by atoms with Gasteiger partial charge in [0, 0.05) is 23.7 Å². The normalized spacial score (nSPS) is 26.4. The first-order valence-corrected chi connectivity index (χ1v) is 7.20. The minimum atomic E-state index is 0.380.